The van der Waals surface area contributed by atoms with Gasteiger partial charge in [-0.25, -0.2) is 0 Å². The molecular formula is C17H17N3O3S. The number of nitro groups is 1. The van der Waals surface area contributed by atoms with Crippen molar-refractivity contribution in [1.29, 1.82) is 0 Å². The minimum atomic E-state index is -0.482. The minimum absolute atomic E-state index is 0.0443. The first-order valence-electron chi connectivity index (χ1n) is 7.27. The van der Waals surface area contributed by atoms with Gasteiger partial charge >= 0.3 is 0 Å². The number of carbonyl (C=O) groups excluding carboxylic acids is 1. The van der Waals surface area contributed by atoms with Crippen LogP contribution in [0.4, 0.5) is 11.4 Å². The number of rotatable bonds is 4. The fraction of sp³-hybridized carbons (Fsp3) is 0.176. The van der Waals surface area contributed by atoms with E-state index < -0.39 is 4.92 Å². The number of hydrogen-bond donors (Lipinski definition) is 2. The van der Waals surface area contributed by atoms with Crippen molar-refractivity contribution >= 4 is 34.6 Å². The maximum absolute atomic E-state index is 12.1. The summed E-state index contributed by atoms with van der Waals surface area (Å²) in [4.78, 5) is 22.4. The summed E-state index contributed by atoms with van der Waals surface area (Å²) in [5.74, 6) is -0.245. The highest BCUT2D eigenvalue weighted by atomic mass is 32.1. The van der Waals surface area contributed by atoms with Crippen molar-refractivity contribution < 1.29 is 9.72 Å². The Balaban J connectivity index is 2.00. The Morgan fingerprint density at radius 2 is 1.88 bits per heavy atom. The minimum Gasteiger partial charge on any atom is -0.332 e. The van der Waals surface area contributed by atoms with Crippen LogP contribution in [0.2, 0.25) is 0 Å². The third-order valence-electron chi connectivity index (χ3n) is 3.55. The summed E-state index contributed by atoms with van der Waals surface area (Å²) in [7, 11) is 0. The molecular weight excluding hydrogens is 326 g/mol. The van der Waals surface area contributed by atoms with Crippen LogP contribution in [0.5, 0.6) is 0 Å². The molecule has 0 saturated heterocycles. The van der Waals surface area contributed by atoms with Gasteiger partial charge in [0.1, 0.15) is 0 Å². The number of carbonyl (C=O) groups is 1. The van der Waals surface area contributed by atoms with Crippen LogP contribution in [0.15, 0.2) is 42.5 Å². The summed E-state index contributed by atoms with van der Waals surface area (Å²) in [5.41, 5.74) is 3.18. The number of nitrogens with one attached hydrogen (secondary N) is 2. The van der Waals surface area contributed by atoms with E-state index in [9.17, 15) is 14.9 Å². The summed E-state index contributed by atoms with van der Waals surface area (Å²) in [6.45, 7) is 3.73. The smallest absolute Gasteiger partial charge is 0.271 e. The van der Waals surface area contributed by atoms with E-state index in [1.165, 1.54) is 12.1 Å². The number of nitro benzene ring substituents is 1. The van der Waals surface area contributed by atoms with Crippen molar-refractivity contribution in [1.82, 2.24) is 5.32 Å². The first-order valence-corrected chi connectivity index (χ1v) is 7.68. The first kappa shape index (κ1) is 17.6. The molecule has 0 aliphatic rings. The van der Waals surface area contributed by atoms with E-state index in [1.54, 1.807) is 13.0 Å². The molecule has 2 aromatic rings. The quantitative estimate of drug-likeness (QED) is 0.506. The van der Waals surface area contributed by atoms with E-state index in [2.05, 4.69) is 10.6 Å². The van der Waals surface area contributed by atoms with Crippen molar-refractivity contribution in [2.45, 2.75) is 20.3 Å². The molecule has 6 nitrogen and oxygen atoms in total. The monoisotopic (exact) mass is 343 g/mol. The van der Waals surface area contributed by atoms with Crippen LogP contribution < -0.4 is 10.6 Å². The van der Waals surface area contributed by atoms with E-state index in [-0.39, 0.29) is 23.1 Å². The van der Waals surface area contributed by atoms with Gasteiger partial charge in [0.15, 0.2) is 5.11 Å². The number of hydrogen-bond acceptors (Lipinski definition) is 4. The second-order valence-electron chi connectivity index (χ2n) is 5.36. The fourth-order valence-corrected chi connectivity index (χ4v) is 2.39. The summed E-state index contributed by atoms with van der Waals surface area (Å²) >= 11 is 5.12. The molecule has 0 fully saturated rings. The van der Waals surface area contributed by atoms with Crippen LogP contribution in [-0.2, 0) is 11.2 Å². The second kappa shape index (κ2) is 7.65. The highest BCUT2D eigenvalue weighted by Crippen LogP contribution is 2.21. The van der Waals surface area contributed by atoms with Crippen molar-refractivity contribution in [2.24, 2.45) is 0 Å². The highest BCUT2D eigenvalue weighted by Gasteiger charge is 2.12. The highest BCUT2D eigenvalue weighted by molar-refractivity contribution is 7.80. The van der Waals surface area contributed by atoms with Gasteiger partial charge < -0.3 is 10.6 Å². The number of thiocarbonyl (C=S) groups is 1. The lowest BCUT2D eigenvalue weighted by atomic mass is 10.1. The van der Waals surface area contributed by atoms with E-state index in [1.807, 2.05) is 31.2 Å². The Morgan fingerprint density at radius 1 is 1.17 bits per heavy atom. The van der Waals surface area contributed by atoms with Crippen molar-refractivity contribution in [3.8, 4) is 0 Å². The molecule has 7 heteroatoms. The molecule has 1 amide bonds. The molecule has 0 radical (unpaired) electrons. The van der Waals surface area contributed by atoms with Crippen molar-refractivity contribution in [3.63, 3.8) is 0 Å². The van der Waals surface area contributed by atoms with Crippen molar-refractivity contribution in [3.05, 3.63) is 69.3 Å². The normalized spacial score (nSPS) is 10.1. The number of benzene rings is 2. The molecule has 24 heavy (non-hydrogen) atoms. The number of amides is 1. The van der Waals surface area contributed by atoms with E-state index in [0.29, 0.717) is 5.69 Å². The molecule has 2 rings (SSSR count). The number of aryl methyl sites for hydroxylation is 2. The lowest BCUT2D eigenvalue weighted by Gasteiger charge is -2.12. The third-order valence-corrected chi connectivity index (χ3v) is 3.75. The number of nitrogens with zero attached hydrogens (tertiary/aromatic N) is 1. The van der Waals surface area contributed by atoms with Gasteiger partial charge in [0.25, 0.3) is 5.69 Å². The number of non-ortho nitro benzene ring substituents is 1. The molecule has 0 aromatic heterocycles. The summed E-state index contributed by atoms with van der Waals surface area (Å²) in [6, 6.07) is 12.0. The number of anilines is 1. The Morgan fingerprint density at radius 3 is 2.54 bits per heavy atom. The van der Waals surface area contributed by atoms with Crippen LogP contribution in [0.3, 0.4) is 0 Å². The van der Waals surface area contributed by atoms with Crippen LogP contribution in [-0.4, -0.2) is 15.9 Å². The maximum atomic E-state index is 12.1. The van der Waals surface area contributed by atoms with Crippen molar-refractivity contribution in [2.75, 3.05) is 5.32 Å². The third kappa shape index (κ3) is 4.60. The zero-order chi connectivity index (χ0) is 17.7. The van der Waals surface area contributed by atoms with E-state index >= 15 is 0 Å². The van der Waals surface area contributed by atoms with Crippen LogP contribution in [0.1, 0.15) is 16.7 Å². The average Bonchev–Trinajstić information content (AvgIpc) is 2.51. The van der Waals surface area contributed by atoms with E-state index in [0.717, 1.165) is 16.7 Å². The molecule has 0 unspecified atom stereocenters. The molecule has 0 aliphatic carbocycles. The summed E-state index contributed by atoms with van der Waals surface area (Å²) < 4.78 is 0. The molecule has 124 valence electrons. The lowest BCUT2D eigenvalue weighted by molar-refractivity contribution is -0.384. The lowest BCUT2D eigenvalue weighted by Crippen LogP contribution is -2.35. The predicted octanol–water partition coefficient (Wildman–Crippen LogP) is 3.27. The van der Waals surface area contributed by atoms with Crippen LogP contribution >= 0.6 is 12.2 Å². The molecule has 0 spiro atoms. The second-order valence-corrected chi connectivity index (χ2v) is 5.77. The Bertz CT molecular complexity index is 805. The summed E-state index contributed by atoms with van der Waals surface area (Å²) in [6.07, 6.45) is 0.211. The van der Waals surface area contributed by atoms with Gasteiger partial charge in [0, 0.05) is 17.8 Å². The maximum Gasteiger partial charge on any atom is 0.271 e. The zero-order valence-electron chi connectivity index (χ0n) is 13.3. The molecule has 0 heterocycles. The molecule has 0 saturated carbocycles. The van der Waals surface area contributed by atoms with Gasteiger partial charge in [0.2, 0.25) is 5.91 Å². The fourth-order valence-electron chi connectivity index (χ4n) is 2.16. The topological polar surface area (TPSA) is 84.3 Å². The SMILES string of the molecule is Cc1ccccc1CC(=O)NC(=S)Nc1cc([N+](=O)[O-])ccc1C. The zero-order valence-corrected chi connectivity index (χ0v) is 14.1. The molecule has 2 N–H and O–H groups in total. The summed E-state index contributed by atoms with van der Waals surface area (Å²) in [5, 5.41) is 16.4. The van der Waals surface area contributed by atoms with Gasteiger partial charge in [-0.15, -0.1) is 0 Å². The van der Waals surface area contributed by atoms with Gasteiger partial charge in [0.05, 0.1) is 11.3 Å². The molecule has 2 aromatic carbocycles. The van der Waals surface area contributed by atoms with Crippen LogP contribution in [0, 0.1) is 24.0 Å². The largest absolute Gasteiger partial charge is 0.332 e. The van der Waals surface area contributed by atoms with E-state index in [4.69, 9.17) is 12.2 Å². The van der Waals surface area contributed by atoms with Gasteiger partial charge in [-0.1, -0.05) is 30.3 Å². The molecule has 0 bridgehead atoms. The molecule has 0 atom stereocenters. The van der Waals surface area contributed by atoms with Gasteiger partial charge in [-0.05, 0) is 42.8 Å². The van der Waals surface area contributed by atoms with Gasteiger partial charge in [-0.2, -0.15) is 0 Å². The van der Waals surface area contributed by atoms with Crippen LogP contribution in [0.25, 0.3) is 0 Å². The van der Waals surface area contributed by atoms with Gasteiger partial charge in [-0.3, -0.25) is 14.9 Å². The Labute approximate surface area is 145 Å². The molecule has 0 aliphatic heterocycles. The average molecular weight is 343 g/mol. The predicted molar refractivity (Wildman–Crippen MR) is 97.1 cm³/mol. The Hall–Kier alpha value is -2.80. The first-order chi connectivity index (χ1) is 11.4. The Kier molecular flexibility index (Phi) is 5.59. The standard InChI is InChI=1S/C17H17N3O3S/c1-11-5-3-4-6-13(11)9-16(21)19-17(24)18-15-10-14(20(22)23)8-7-12(15)2/h3-8,10H,9H2,1-2H3,(H2,18,19,21,24).